The average molecular weight is 381 g/mol. The number of nitrogens with zero attached hydrogens (tertiary/aromatic N) is 3. The summed E-state index contributed by atoms with van der Waals surface area (Å²) in [6.45, 7) is 4.52. The summed E-state index contributed by atoms with van der Waals surface area (Å²) in [5.74, 6) is -0.416. The first-order chi connectivity index (χ1) is 13.5. The molecule has 1 aliphatic heterocycles. The number of nitrogens with one attached hydrogen (secondary N) is 1. The van der Waals surface area contributed by atoms with Crippen LogP contribution in [-0.2, 0) is 16.0 Å². The summed E-state index contributed by atoms with van der Waals surface area (Å²) in [4.78, 5) is 33.3. The number of pyridine rings is 1. The van der Waals surface area contributed by atoms with E-state index in [1.807, 2.05) is 36.4 Å². The first-order valence-corrected chi connectivity index (χ1v) is 9.59. The minimum Gasteiger partial charge on any atom is -0.368 e. The van der Waals surface area contributed by atoms with Gasteiger partial charge >= 0.3 is 0 Å². The van der Waals surface area contributed by atoms with E-state index in [0.29, 0.717) is 19.5 Å². The van der Waals surface area contributed by atoms with E-state index >= 15 is 0 Å². The molecule has 2 atom stereocenters. The zero-order valence-electron chi connectivity index (χ0n) is 16.1. The number of hydrogen-bond donors (Lipinski definition) is 2. The molecule has 0 saturated carbocycles. The van der Waals surface area contributed by atoms with Gasteiger partial charge in [-0.25, -0.2) is 0 Å². The lowest BCUT2D eigenvalue weighted by atomic mass is 10.1. The maximum atomic E-state index is 12.7. The first kappa shape index (κ1) is 19.8. The lowest BCUT2D eigenvalue weighted by Gasteiger charge is -2.37. The van der Waals surface area contributed by atoms with Crippen LogP contribution in [0.25, 0.3) is 0 Å². The van der Waals surface area contributed by atoms with Crippen molar-refractivity contribution in [3.8, 4) is 0 Å². The third-order valence-corrected chi connectivity index (χ3v) is 4.93. The number of benzene rings is 1. The Balaban J connectivity index is 1.47. The van der Waals surface area contributed by atoms with Crippen LogP contribution in [0.1, 0.15) is 12.6 Å². The van der Waals surface area contributed by atoms with E-state index in [2.05, 4.69) is 27.3 Å². The molecule has 148 valence electrons. The number of rotatable bonds is 6. The smallest absolute Gasteiger partial charge is 0.244 e. The van der Waals surface area contributed by atoms with Crippen molar-refractivity contribution in [1.82, 2.24) is 15.2 Å². The topological polar surface area (TPSA) is 91.6 Å². The number of piperazine rings is 1. The van der Waals surface area contributed by atoms with E-state index in [1.165, 1.54) is 0 Å². The third-order valence-electron chi connectivity index (χ3n) is 4.93. The van der Waals surface area contributed by atoms with Crippen molar-refractivity contribution < 1.29 is 9.59 Å². The van der Waals surface area contributed by atoms with Crippen LogP contribution in [0.5, 0.6) is 0 Å². The predicted molar refractivity (Wildman–Crippen MR) is 109 cm³/mol. The van der Waals surface area contributed by atoms with Crippen LogP contribution in [0.3, 0.4) is 0 Å². The number of nitrogens with two attached hydrogens (primary N) is 1. The average Bonchev–Trinajstić information content (AvgIpc) is 2.74. The molecular formula is C21H27N5O2. The second-order valence-corrected chi connectivity index (χ2v) is 7.01. The highest BCUT2D eigenvalue weighted by atomic mass is 16.2. The minimum absolute atomic E-state index is 0.0777. The minimum atomic E-state index is -0.736. The third kappa shape index (κ3) is 5.07. The fourth-order valence-electron chi connectivity index (χ4n) is 3.32. The second-order valence-electron chi connectivity index (χ2n) is 7.01. The number of anilines is 1. The molecule has 1 fully saturated rings. The Bertz CT molecular complexity index is 776. The Kier molecular flexibility index (Phi) is 6.60. The van der Waals surface area contributed by atoms with Gasteiger partial charge in [0.15, 0.2) is 0 Å². The van der Waals surface area contributed by atoms with Gasteiger partial charge in [0.25, 0.3) is 0 Å². The van der Waals surface area contributed by atoms with E-state index in [4.69, 9.17) is 5.73 Å². The Morgan fingerprint density at radius 3 is 2.39 bits per heavy atom. The van der Waals surface area contributed by atoms with Crippen molar-refractivity contribution in [2.45, 2.75) is 25.4 Å². The molecule has 0 spiro atoms. The van der Waals surface area contributed by atoms with Gasteiger partial charge in [0.2, 0.25) is 11.8 Å². The van der Waals surface area contributed by atoms with Gasteiger partial charge in [0.05, 0.1) is 6.04 Å². The molecule has 28 heavy (non-hydrogen) atoms. The first-order valence-electron chi connectivity index (χ1n) is 9.59. The Morgan fingerprint density at radius 2 is 1.75 bits per heavy atom. The van der Waals surface area contributed by atoms with Gasteiger partial charge in [-0.2, -0.15) is 0 Å². The van der Waals surface area contributed by atoms with Crippen LogP contribution >= 0.6 is 0 Å². The van der Waals surface area contributed by atoms with Crippen LogP contribution in [0.2, 0.25) is 0 Å². The number of para-hydroxylation sites is 1. The van der Waals surface area contributed by atoms with Gasteiger partial charge in [-0.3, -0.25) is 14.6 Å². The van der Waals surface area contributed by atoms with E-state index in [0.717, 1.165) is 24.5 Å². The highest BCUT2D eigenvalue weighted by Gasteiger charge is 2.27. The molecule has 7 nitrogen and oxygen atoms in total. The van der Waals surface area contributed by atoms with Crippen molar-refractivity contribution in [1.29, 1.82) is 0 Å². The maximum absolute atomic E-state index is 12.7. The van der Waals surface area contributed by atoms with Crippen LogP contribution in [0.15, 0.2) is 54.7 Å². The van der Waals surface area contributed by atoms with Gasteiger partial charge in [-0.1, -0.05) is 24.3 Å². The van der Waals surface area contributed by atoms with Crippen LogP contribution in [-0.4, -0.2) is 60.0 Å². The van der Waals surface area contributed by atoms with Crippen LogP contribution in [0.4, 0.5) is 5.69 Å². The summed E-state index contributed by atoms with van der Waals surface area (Å²) in [5, 5.41) is 2.74. The van der Waals surface area contributed by atoms with Crippen LogP contribution in [0, 0.1) is 0 Å². The SMILES string of the molecule is C[C@H](NC(=O)[C@@H](N)Cc1ccccn1)C(=O)N1CCN(c2ccccc2)CC1. The van der Waals surface area contributed by atoms with Gasteiger partial charge in [0.1, 0.15) is 6.04 Å². The van der Waals surface area contributed by atoms with Crippen LogP contribution < -0.4 is 16.0 Å². The number of carbonyl (C=O) groups is 2. The Morgan fingerprint density at radius 1 is 1.07 bits per heavy atom. The van der Waals surface area contributed by atoms with Gasteiger partial charge in [-0.15, -0.1) is 0 Å². The van der Waals surface area contributed by atoms with Gasteiger partial charge in [0, 0.05) is 50.2 Å². The number of hydrogen-bond acceptors (Lipinski definition) is 5. The number of amides is 2. The molecule has 2 aromatic rings. The van der Waals surface area contributed by atoms with E-state index in [-0.39, 0.29) is 11.8 Å². The molecule has 3 rings (SSSR count). The highest BCUT2D eigenvalue weighted by Crippen LogP contribution is 2.15. The summed E-state index contributed by atoms with van der Waals surface area (Å²) in [6, 6.07) is 14.3. The summed E-state index contributed by atoms with van der Waals surface area (Å²) in [7, 11) is 0. The zero-order chi connectivity index (χ0) is 19.9. The normalized spacial score (nSPS) is 16.4. The lowest BCUT2D eigenvalue weighted by molar-refractivity contribution is -0.136. The molecule has 0 bridgehead atoms. The molecule has 1 aromatic heterocycles. The van der Waals surface area contributed by atoms with Crippen molar-refractivity contribution in [3.63, 3.8) is 0 Å². The molecule has 1 saturated heterocycles. The Labute approximate surface area is 165 Å². The van der Waals surface area contributed by atoms with E-state index in [9.17, 15) is 9.59 Å². The maximum Gasteiger partial charge on any atom is 0.244 e. The highest BCUT2D eigenvalue weighted by molar-refractivity contribution is 5.89. The van der Waals surface area contributed by atoms with Crippen molar-refractivity contribution >= 4 is 17.5 Å². The molecule has 3 N–H and O–H groups in total. The second kappa shape index (κ2) is 9.32. The molecule has 2 heterocycles. The van der Waals surface area contributed by atoms with Crippen molar-refractivity contribution in [2.75, 3.05) is 31.1 Å². The van der Waals surface area contributed by atoms with E-state index < -0.39 is 12.1 Å². The molecule has 0 radical (unpaired) electrons. The number of carbonyl (C=O) groups excluding carboxylic acids is 2. The molecule has 0 unspecified atom stereocenters. The summed E-state index contributed by atoms with van der Waals surface area (Å²) >= 11 is 0. The zero-order valence-corrected chi connectivity index (χ0v) is 16.1. The molecular weight excluding hydrogens is 354 g/mol. The lowest BCUT2D eigenvalue weighted by Crippen LogP contribution is -2.56. The molecule has 2 amide bonds. The largest absolute Gasteiger partial charge is 0.368 e. The number of aromatic nitrogens is 1. The summed E-state index contributed by atoms with van der Waals surface area (Å²) < 4.78 is 0. The standard InChI is InChI=1S/C21H27N5O2/c1-16(24-20(27)19(22)15-17-7-5-6-10-23-17)21(28)26-13-11-25(12-14-26)18-8-3-2-4-9-18/h2-10,16,19H,11-15,22H2,1H3,(H,24,27)/t16-,19-/m0/s1. The summed E-state index contributed by atoms with van der Waals surface area (Å²) in [5.41, 5.74) is 7.89. The quantitative estimate of drug-likeness (QED) is 0.773. The predicted octanol–water partition coefficient (Wildman–Crippen LogP) is 0.805. The fraction of sp³-hybridized carbons (Fsp3) is 0.381. The monoisotopic (exact) mass is 381 g/mol. The van der Waals surface area contributed by atoms with E-state index in [1.54, 1.807) is 18.0 Å². The molecule has 1 aliphatic rings. The van der Waals surface area contributed by atoms with Crippen molar-refractivity contribution in [3.05, 3.63) is 60.4 Å². The molecule has 7 heteroatoms. The Hall–Kier alpha value is -2.93. The van der Waals surface area contributed by atoms with Gasteiger partial charge < -0.3 is 20.9 Å². The van der Waals surface area contributed by atoms with Gasteiger partial charge in [-0.05, 0) is 31.2 Å². The fourth-order valence-corrected chi connectivity index (χ4v) is 3.32. The molecule has 1 aromatic carbocycles. The summed E-state index contributed by atoms with van der Waals surface area (Å²) in [6.07, 6.45) is 2.00. The molecule has 0 aliphatic carbocycles. The van der Waals surface area contributed by atoms with Crippen molar-refractivity contribution in [2.24, 2.45) is 5.73 Å².